The summed E-state index contributed by atoms with van der Waals surface area (Å²) in [6.45, 7) is 4.98. The van der Waals surface area contributed by atoms with E-state index in [2.05, 4.69) is 58.2 Å². The topological polar surface area (TPSA) is 59.8 Å². The number of nitrogens with zero attached hydrogens (tertiary/aromatic N) is 3. The van der Waals surface area contributed by atoms with Gasteiger partial charge in [-0.1, -0.05) is 61.2 Å². The maximum absolute atomic E-state index is 12.3. The van der Waals surface area contributed by atoms with Gasteiger partial charge in [0, 0.05) is 18.0 Å². The van der Waals surface area contributed by atoms with E-state index in [9.17, 15) is 4.79 Å². The number of amides is 1. The van der Waals surface area contributed by atoms with E-state index in [1.165, 1.54) is 22.9 Å². The van der Waals surface area contributed by atoms with Crippen molar-refractivity contribution >= 4 is 35.1 Å². The Morgan fingerprint density at radius 3 is 2.41 bits per heavy atom. The van der Waals surface area contributed by atoms with E-state index in [1.54, 1.807) is 0 Å². The molecule has 1 heterocycles. The van der Waals surface area contributed by atoms with Crippen LogP contribution in [0.1, 0.15) is 30.8 Å². The molecule has 0 saturated heterocycles. The van der Waals surface area contributed by atoms with Gasteiger partial charge in [-0.05, 0) is 36.6 Å². The number of rotatable bonds is 10. The second-order valence-electron chi connectivity index (χ2n) is 6.51. The summed E-state index contributed by atoms with van der Waals surface area (Å²) in [6.07, 6.45) is 0.989. The van der Waals surface area contributed by atoms with Crippen LogP contribution < -0.4 is 5.32 Å². The highest BCUT2D eigenvalue weighted by Gasteiger charge is 2.13. The maximum atomic E-state index is 12.3. The molecule has 1 amide bonds. The molecular formula is C22H26N4OS2. The number of aromatic nitrogens is 3. The van der Waals surface area contributed by atoms with Gasteiger partial charge in [-0.15, -0.1) is 22.0 Å². The number of thioether (sulfide) groups is 2. The number of nitrogens with one attached hydrogen (secondary N) is 1. The molecule has 0 spiro atoms. The monoisotopic (exact) mass is 426 g/mol. The van der Waals surface area contributed by atoms with Crippen molar-refractivity contribution in [1.29, 1.82) is 0 Å². The minimum atomic E-state index is -0.0371. The SMILES string of the molecule is CCc1ccc(NC(=O)CSc2nnc(CSCc3ccccc3)n2CC)cc1. The van der Waals surface area contributed by atoms with Crippen LogP contribution in [-0.4, -0.2) is 26.4 Å². The maximum Gasteiger partial charge on any atom is 0.234 e. The van der Waals surface area contributed by atoms with Crippen molar-refractivity contribution in [2.75, 3.05) is 11.1 Å². The van der Waals surface area contributed by atoms with Gasteiger partial charge in [0.05, 0.1) is 11.5 Å². The van der Waals surface area contributed by atoms with Crippen LogP contribution in [0.15, 0.2) is 59.8 Å². The molecule has 0 unspecified atom stereocenters. The summed E-state index contributed by atoms with van der Waals surface area (Å²) in [5, 5.41) is 12.4. The van der Waals surface area contributed by atoms with Gasteiger partial charge in [0.15, 0.2) is 5.16 Å². The Hall–Kier alpha value is -2.25. The second kappa shape index (κ2) is 11.1. The Morgan fingerprint density at radius 2 is 1.72 bits per heavy atom. The van der Waals surface area contributed by atoms with Crippen LogP contribution in [0.3, 0.4) is 0 Å². The predicted molar refractivity (Wildman–Crippen MR) is 122 cm³/mol. The van der Waals surface area contributed by atoms with Gasteiger partial charge < -0.3 is 9.88 Å². The van der Waals surface area contributed by atoms with Crippen molar-refractivity contribution in [3.63, 3.8) is 0 Å². The minimum absolute atomic E-state index is 0.0371. The van der Waals surface area contributed by atoms with E-state index in [4.69, 9.17) is 0 Å². The zero-order valence-electron chi connectivity index (χ0n) is 16.8. The van der Waals surface area contributed by atoms with Crippen LogP contribution >= 0.6 is 23.5 Å². The summed E-state index contributed by atoms with van der Waals surface area (Å²) in [4.78, 5) is 12.3. The van der Waals surface area contributed by atoms with Gasteiger partial charge in [-0.2, -0.15) is 0 Å². The van der Waals surface area contributed by atoms with Gasteiger partial charge in [0.2, 0.25) is 5.91 Å². The first-order valence-electron chi connectivity index (χ1n) is 9.75. The first-order valence-corrected chi connectivity index (χ1v) is 11.9. The molecule has 152 valence electrons. The smallest absolute Gasteiger partial charge is 0.234 e. The van der Waals surface area contributed by atoms with E-state index in [1.807, 2.05) is 42.1 Å². The van der Waals surface area contributed by atoms with Crippen molar-refractivity contribution in [1.82, 2.24) is 14.8 Å². The number of hydrogen-bond acceptors (Lipinski definition) is 5. The number of aryl methyl sites for hydroxylation is 1. The molecule has 0 aliphatic rings. The molecule has 29 heavy (non-hydrogen) atoms. The summed E-state index contributed by atoms with van der Waals surface area (Å²) in [7, 11) is 0. The fourth-order valence-electron chi connectivity index (χ4n) is 2.84. The molecule has 7 heteroatoms. The first kappa shape index (κ1) is 21.5. The predicted octanol–water partition coefficient (Wildman–Crippen LogP) is 5.02. The van der Waals surface area contributed by atoms with Gasteiger partial charge in [0.1, 0.15) is 5.82 Å². The molecule has 0 aliphatic heterocycles. The third kappa shape index (κ3) is 6.37. The van der Waals surface area contributed by atoms with E-state index in [0.717, 1.165) is 41.1 Å². The van der Waals surface area contributed by atoms with E-state index in [0.29, 0.717) is 5.75 Å². The summed E-state index contributed by atoms with van der Waals surface area (Å²) in [6, 6.07) is 18.4. The lowest BCUT2D eigenvalue weighted by Crippen LogP contribution is -2.14. The third-order valence-electron chi connectivity index (χ3n) is 4.43. The molecule has 0 radical (unpaired) electrons. The van der Waals surface area contributed by atoms with Crippen LogP contribution in [-0.2, 0) is 29.3 Å². The summed E-state index contributed by atoms with van der Waals surface area (Å²) in [5.74, 6) is 2.97. The number of carbonyl (C=O) groups is 1. The largest absolute Gasteiger partial charge is 0.325 e. The fraction of sp³-hybridized carbons (Fsp3) is 0.318. The summed E-state index contributed by atoms with van der Waals surface area (Å²) < 4.78 is 2.09. The van der Waals surface area contributed by atoms with Crippen LogP contribution in [0.4, 0.5) is 5.69 Å². The number of anilines is 1. The number of benzene rings is 2. The Morgan fingerprint density at radius 1 is 0.966 bits per heavy atom. The third-order valence-corrected chi connectivity index (χ3v) is 6.40. The molecule has 1 aromatic heterocycles. The van der Waals surface area contributed by atoms with E-state index in [-0.39, 0.29) is 5.91 Å². The lowest BCUT2D eigenvalue weighted by atomic mass is 10.1. The quantitative estimate of drug-likeness (QED) is 0.461. The average molecular weight is 427 g/mol. The lowest BCUT2D eigenvalue weighted by molar-refractivity contribution is -0.113. The highest BCUT2D eigenvalue weighted by atomic mass is 32.2. The van der Waals surface area contributed by atoms with Crippen molar-refractivity contribution in [3.8, 4) is 0 Å². The van der Waals surface area contributed by atoms with Gasteiger partial charge >= 0.3 is 0 Å². The number of hydrogen-bond donors (Lipinski definition) is 1. The van der Waals surface area contributed by atoms with Crippen LogP contribution in [0.5, 0.6) is 0 Å². The average Bonchev–Trinajstić information content (AvgIpc) is 3.15. The number of carbonyl (C=O) groups excluding carboxylic acids is 1. The Balaban J connectivity index is 1.50. The molecule has 0 fully saturated rings. The normalized spacial score (nSPS) is 10.8. The van der Waals surface area contributed by atoms with Gasteiger partial charge in [-0.25, -0.2) is 0 Å². The Bertz CT molecular complexity index is 910. The van der Waals surface area contributed by atoms with Crippen LogP contribution in [0.2, 0.25) is 0 Å². The Labute approximate surface area is 180 Å². The molecule has 0 saturated carbocycles. The van der Waals surface area contributed by atoms with Crippen molar-refractivity contribution in [2.24, 2.45) is 0 Å². The molecule has 0 aliphatic carbocycles. The highest BCUT2D eigenvalue weighted by Crippen LogP contribution is 2.22. The standard InChI is InChI=1S/C22H26N4OS2/c1-3-17-10-12-19(13-11-17)23-21(27)16-29-22-25-24-20(26(22)4-2)15-28-14-18-8-6-5-7-9-18/h5-13H,3-4,14-16H2,1-2H3,(H,23,27). The molecule has 2 aromatic carbocycles. The molecule has 3 rings (SSSR count). The summed E-state index contributed by atoms with van der Waals surface area (Å²) in [5.41, 5.74) is 3.38. The van der Waals surface area contributed by atoms with Crippen molar-refractivity contribution in [3.05, 3.63) is 71.5 Å². The van der Waals surface area contributed by atoms with Gasteiger partial charge in [-0.3, -0.25) is 4.79 Å². The van der Waals surface area contributed by atoms with Gasteiger partial charge in [0.25, 0.3) is 0 Å². The molecule has 1 N–H and O–H groups in total. The second-order valence-corrected chi connectivity index (χ2v) is 8.44. The van der Waals surface area contributed by atoms with E-state index >= 15 is 0 Å². The molecular weight excluding hydrogens is 400 g/mol. The molecule has 0 bridgehead atoms. The zero-order chi connectivity index (χ0) is 20.5. The van der Waals surface area contributed by atoms with E-state index < -0.39 is 0 Å². The Kier molecular flexibility index (Phi) is 8.19. The zero-order valence-corrected chi connectivity index (χ0v) is 18.4. The minimum Gasteiger partial charge on any atom is -0.325 e. The van der Waals surface area contributed by atoms with Crippen molar-refractivity contribution in [2.45, 2.75) is 43.5 Å². The highest BCUT2D eigenvalue weighted by molar-refractivity contribution is 7.99. The molecule has 3 aromatic rings. The molecule has 0 atom stereocenters. The summed E-state index contributed by atoms with van der Waals surface area (Å²) >= 11 is 3.24. The van der Waals surface area contributed by atoms with Crippen LogP contribution in [0, 0.1) is 0 Å². The molecule has 5 nitrogen and oxygen atoms in total. The fourth-order valence-corrected chi connectivity index (χ4v) is 4.58. The first-order chi connectivity index (χ1) is 14.2. The lowest BCUT2D eigenvalue weighted by Gasteiger charge is -2.08. The van der Waals surface area contributed by atoms with Crippen LogP contribution in [0.25, 0.3) is 0 Å². The van der Waals surface area contributed by atoms with Crippen molar-refractivity contribution < 1.29 is 4.79 Å².